The number of nitrogens with zero attached hydrogens (tertiary/aromatic N) is 1. The summed E-state index contributed by atoms with van der Waals surface area (Å²) in [7, 11) is 0. The van der Waals surface area contributed by atoms with Gasteiger partial charge >= 0.3 is 5.97 Å². The molecular formula is C13H13BrFNO3. The lowest BCUT2D eigenvalue weighted by molar-refractivity contribution is -0.142. The van der Waals surface area contributed by atoms with Crippen LogP contribution >= 0.6 is 15.9 Å². The third-order valence-electron chi connectivity index (χ3n) is 3.40. The Balaban J connectivity index is 2.34. The number of halogens is 2. The van der Waals surface area contributed by atoms with E-state index in [0.717, 1.165) is 0 Å². The molecule has 1 aromatic rings. The third-order valence-corrected chi connectivity index (χ3v) is 4.01. The Morgan fingerprint density at radius 1 is 1.47 bits per heavy atom. The first-order valence-corrected chi connectivity index (χ1v) is 6.70. The number of hydrogen-bond acceptors (Lipinski definition) is 2. The second-order valence-electron chi connectivity index (χ2n) is 4.65. The molecule has 102 valence electrons. The Kier molecular flexibility index (Phi) is 3.89. The normalized spacial score (nSPS) is 22.6. The summed E-state index contributed by atoms with van der Waals surface area (Å²) in [5.74, 6) is -2.41. The summed E-state index contributed by atoms with van der Waals surface area (Å²) in [5.41, 5.74) is -0.102. The van der Waals surface area contributed by atoms with Crippen molar-refractivity contribution in [2.75, 3.05) is 6.54 Å². The Morgan fingerprint density at radius 3 is 2.79 bits per heavy atom. The molecule has 1 fully saturated rings. The maximum atomic E-state index is 13.9. The van der Waals surface area contributed by atoms with E-state index in [9.17, 15) is 19.1 Å². The zero-order valence-corrected chi connectivity index (χ0v) is 11.9. The van der Waals surface area contributed by atoms with Gasteiger partial charge in [0.1, 0.15) is 11.9 Å². The summed E-state index contributed by atoms with van der Waals surface area (Å²) in [6.45, 7) is 2.12. The van der Waals surface area contributed by atoms with Gasteiger partial charge in [0, 0.05) is 6.54 Å². The minimum atomic E-state index is -1.05. The molecule has 1 aliphatic rings. The van der Waals surface area contributed by atoms with Crippen LogP contribution in [-0.4, -0.2) is 34.5 Å². The van der Waals surface area contributed by atoms with Crippen LogP contribution in [0.2, 0.25) is 0 Å². The molecule has 2 atom stereocenters. The van der Waals surface area contributed by atoms with Crippen molar-refractivity contribution in [2.24, 2.45) is 5.92 Å². The van der Waals surface area contributed by atoms with Gasteiger partial charge in [0.2, 0.25) is 0 Å². The number of aliphatic carboxylic acids is 1. The van der Waals surface area contributed by atoms with Gasteiger partial charge in [-0.2, -0.15) is 0 Å². The van der Waals surface area contributed by atoms with Crippen molar-refractivity contribution in [3.8, 4) is 0 Å². The van der Waals surface area contributed by atoms with E-state index in [1.165, 1.54) is 17.0 Å². The highest BCUT2D eigenvalue weighted by atomic mass is 79.9. The average Bonchev–Trinajstić information content (AvgIpc) is 2.74. The van der Waals surface area contributed by atoms with Crippen molar-refractivity contribution in [1.29, 1.82) is 0 Å². The van der Waals surface area contributed by atoms with E-state index < -0.39 is 23.7 Å². The summed E-state index contributed by atoms with van der Waals surface area (Å²) in [6, 6.07) is 3.53. The van der Waals surface area contributed by atoms with Crippen LogP contribution in [0, 0.1) is 11.7 Å². The first kappa shape index (κ1) is 14.0. The van der Waals surface area contributed by atoms with E-state index in [1.54, 1.807) is 13.0 Å². The minimum Gasteiger partial charge on any atom is -0.480 e. The molecule has 1 aliphatic heterocycles. The van der Waals surface area contributed by atoms with Crippen LogP contribution in [0.25, 0.3) is 0 Å². The summed E-state index contributed by atoms with van der Waals surface area (Å²) >= 11 is 3.02. The number of rotatable bonds is 2. The summed E-state index contributed by atoms with van der Waals surface area (Å²) in [5, 5.41) is 9.18. The van der Waals surface area contributed by atoms with Crippen molar-refractivity contribution < 1.29 is 19.1 Å². The number of carboxylic acids is 1. The average molecular weight is 330 g/mol. The lowest BCUT2D eigenvalue weighted by Crippen LogP contribution is -2.43. The van der Waals surface area contributed by atoms with E-state index >= 15 is 0 Å². The third kappa shape index (κ3) is 2.49. The van der Waals surface area contributed by atoms with Crippen LogP contribution in [-0.2, 0) is 4.79 Å². The number of carbonyl (C=O) groups is 2. The molecule has 1 N–H and O–H groups in total. The fraction of sp³-hybridized carbons (Fsp3) is 0.385. The van der Waals surface area contributed by atoms with E-state index in [4.69, 9.17) is 0 Å². The number of amides is 1. The fourth-order valence-electron chi connectivity index (χ4n) is 2.38. The molecule has 6 heteroatoms. The molecule has 0 radical (unpaired) electrons. The predicted molar refractivity (Wildman–Crippen MR) is 70.3 cm³/mol. The molecule has 2 rings (SSSR count). The zero-order chi connectivity index (χ0) is 14.2. The SMILES string of the molecule is CC1CCN(C(=O)c2cccc(Br)c2F)C1C(=O)O. The van der Waals surface area contributed by atoms with Gasteiger partial charge < -0.3 is 10.0 Å². The van der Waals surface area contributed by atoms with Gasteiger partial charge in [0.15, 0.2) is 0 Å². The molecule has 2 unspecified atom stereocenters. The highest BCUT2D eigenvalue weighted by Crippen LogP contribution is 2.28. The summed E-state index contributed by atoms with van der Waals surface area (Å²) < 4.78 is 14.1. The molecule has 4 nitrogen and oxygen atoms in total. The standard InChI is InChI=1S/C13H13BrFNO3/c1-7-5-6-16(11(7)13(18)19)12(17)8-3-2-4-9(14)10(8)15/h2-4,7,11H,5-6H2,1H3,(H,18,19). The minimum absolute atomic E-state index is 0.102. The lowest BCUT2D eigenvalue weighted by Gasteiger charge is -2.23. The van der Waals surface area contributed by atoms with Gasteiger partial charge in [-0.1, -0.05) is 13.0 Å². The number of likely N-dealkylation sites (tertiary alicyclic amines) is 1. The van der Waals surface area contributed by atoms with Gasteiger partial charge in [0.05, 0.1) is 10.0 Å². The number of carboxylic acid groups (broad SMARTS) is 1. The van der Waals surface area contributed by atoms with Crippen LogP contribution in [0.15, 0.2) is 22.7 Å². The Labute approximate surface area is 118 Å². The monoisotopic (exact) mass is 329 g/mol. The Morgan fingerprint density at radius 2 is 2.16 bits per heavy atom. The molecule has 0 spiro atoms. The molecule has 0 aliphatic carbocycles. The van der Waals surface area contributed by atoms with Crippen molar-refractivity contribution in [2.45, 2.75) is 19.4 Å². The zero-order valence-electron chi connectivity index (χ0n) is 10.3. The van der Waals surface area contributed by atoms with Gasteiger partial charge in [-0.3, -0.25) is 4.79 Å². The molecule has 1 aromatic carbocycles. The maximum Gasteiger partial charge on any atom is 0.326 e. The topological polar surface area (TPSA) is 57.6 Å². The van der Waals surface area contributed by atoms with E-state index in [2.05, 4.69) is 15.9 Å². The molecule has 0 saturated carbocycles. The van der Waals surface area contributed by atoms with Crippen LogP contribution in [0.3, 0.4) is 0 Å². The highest BCUT2D eigenvalue weighted by Gasteiger charge is 2.40. The van der Waals surface area contributed by atoms with Gasteiger partial charge in [0.25, 0.3) is 5.91 Å². The molecule has 1 amide bonds. The first-order valence-electron chi connectivity index (χ1n) is 5.91. The van der Waals surface area contributed by atoms with Crippen LogP contribution < -0.4 is 0 Å². The number of benzene rings is 1. The second-order valence-corrected chi connectivity index (χ2v) is 5.50. The molecule has 0 bridgehead atoms. The van der Waals surface area contributed by atoms with Crippen molar-refractivity contribution in [1.82, 2.24) is 4.90 Å². The maximum absolute atomic E-state index is 13.9. The number of carbonyl (C=O) groups excluding carboxylic acids is 1. The lowest BCUT2D eigenvalue weighted by atomic mass is 10.0. The van der Waals surface area contributed by atoms with Crippen LogP contribution in [0.5, 0.6) is 0 Å². The second kappa shape index (κ2) is 5.28. The largest absolute Gasteiger partial charge is 0.480 e. The van der Waals surface area contributed by atoms with Gasteiger partial charge in [-0.25, -0.2) is 9.18 Å². The Bertz CT molecular complexity index is 535. The smallest absolute Gasteiger partial charge is 0.326 e. The predicted octanol–water partition coefficient (Wildman–Crippen LogP) is 2.52. The summed E-state index contributed by atoms with van der Waals surface area (Å²) in [4.78, 5) is 24.7. The van der Waals surface area contributed by atoms with Crippen molar-refractivity contribution in [3.05, 3.63) is 34.1 Å². The number of hydrogen-bond donors (Lipinski definition) is 1. The molecule has 19 heavy (non-hydrogen) atoms. The van der Waals surface area contributed by atoms with Crippen LogP contribution in [0.1, 0.15) is 23.7 Å². The molecule has 1 saturated heterocycles. The van der Waals surface area contributed by atoms with E-state index in [0.29, 0.717) is 13.0 Å². The Hall–Kier alpha value is -1.43. The molecule has 0 aromatic heterocycles. The molecular weight excluding hydrogens is 317 g/mol. The fourth-order valence-corrected chi connectivity index (χ4v) is 2.74. The van der Waals surface area contributed by atoms with Crippen LogP contribution in [0.4, 0.5) is 4.39 Å². The van der Waals surface area contributed by atoms with Gasteiger partial charge in [-0.05, 0) is 40.4 Å². The molecule has 1 heterocycles. The van der Waals surface area contributed by atoms with Gasteiger partial charge in [-0.15, -0.1) is 0 Å². The van der Waals surface area contributed by atoms with E-state index in [-0.39, 0.29) is 16.0 Å². The van der Waals surface area contributed by atoms with E-state index in [1.807, 2.05) is 0 Å². The highest BCUT2D eigenvalue weighted by molar-refractivity contribution is 9.10. The van der Waals surface area contributed by atoms with Crippen molar-refractivity contribution in [3.63, 3.8) is 0 Å². The quantitative estimate of drug-likeness (QED) is 0.907. The summed E-state index contributed by atoms with van der Waals surface area (Å²) in [6.07, 6.45) is 0.609. The van der Waals surface area contributed by atoms with Crippen molar-refractivity contribution >= 4 is 27.8 Å². The first-order chi connectivity index (χ1) is 8.93.